The highest BCUT2D eigenvalue weighted by molar-refractivity contribution is 5.71. The van der Waals surface area contributed by atoms with Gasteiger partial charge in [0.1, 0.15) is 5.82 Å². The minimum Gasteiger partial charge on any atom is -0.469 e. The largest absolute Gasteiger partial charge is 0.469 e. The van der Waals surface area contributed by atoms with Crippen molar-refractivity contribution >= 4 is 5.97 Å². The predicted molar refractivity (Wildman–Crippen MR) is 57.2 cm³/mol. The number of benzene rings is 1. The van der Waals surface area contributed by atoms with Crippen molar-refractivity contribution in [2.75, 3.05) is 7.11 Å². The van der Waals surface area contributed by atoms with Crippen molar-refractivity contribution in [1.82, 2.24) is 0 Å². The summed E-state index contributed by atoms with van der Waals surface area (Å²) in [5.74, 6) is -1.19. The zero-order chi connectivity index (χ0) is 12.1. The van der Waals surface area contributed by atoms with Gasteiger partial charge in [-0.1, -0.05) is 19.1 Å². The van der Waals surface area contributed by atoms with E-state index >= 15 is 0 Å². The summed E-state index contributed by atoms with van der Waals surface area (Å²) in [4.78, 5) is 11.1. The van der Waals surface area contributed by atoms with Crippen LogP contribution in [0.3, 0.4) is 0 Å². The van der Waals surface area contributed by atoms with E-state index in [4.69, 9.17) is 0 Å². The number of carbonyl (C=O) groups is 1. The second kappa shape index (κ2) is 5.61. The number of ether oxygens (including phenoxy) is 1. The van der Waals surface area contributed by atoms with Crippen molar-refractivity contribution in [3.05, 3.63) is 35.6 Å². The van der Waals surface area contributed by atoms with Crippen LogP contribution >= 0.6 is 0 Å². The lowest BCUT2D eigenvalue weighted by molar-refractivity contribution is -0.145. The van der Waals surface area contributed by atoms with Gasteiger partial charge < -0.3 is 9.84 Å². The number of carbonyl (C=O) groups excluding carboxylic acids is 1. The Balaban J connectivity index is 2.65. The van der Waals surface area contributed by atoms with E-state index in [1.165, 1.54) is 25.3 Å². The second-order valence-electron chi connectivity index (χ2n) is 3.73. The molecule has 0 aromatic heterocycles. The van der Waals surface area contributed by atoms with E-state index in [0.717, 1.165) is 0 Å². The molecule has 0 saturated carbocycles. The van der Waals surface area contributed by atoms with Crippen LogP contribution in [-0.2, 0) is 9.53 Å². The van der Waals surface area contributed by atoms with Gasteiger partial charge in [0, 0.05) is 0 Å². The van der Waals surface area contributed by atoms with Crippen LogP contribution in [0.4, 0.5) is 4.39 Å². The first-order valence-electron chi connectivity index (χ1n) is 5.06. The third-order valence-corrected chi connectivity index (χ3v) is 2.41. The summed E-state index contributed by atoms with van der Waals surface area (Å²) >= 11 is 0. The number of aliphatic hydroxyl groups excluding tert-OH is 1. The van der Waals surface area contributed by atoms with Crippen LogP contribution in [0.25, 0.3) is 0 Å². The molecule has 0 spiro atoms. The van der Waals surface area contributed by atoms with Gasteiger partial charge in [-0.3, -0.25) is 4.79 Å². The van der Waals surface area contributed by atoms with Crippen molar-refractivity contribution in [3.63, 3.8) is 0 Å². The maximum atomic E-state index is 12.9. The van der Waals surface area contributed by atoms with Crippen molar-refractivity contribution in [2.24, 2.45) is 5.92 Å². The first-order chi connectivity index (χ1) is 7.54. The predicted octanol–water partition coefficient (Wildman–Crippen LogP) is 2.06. The molecule has 0 radical (unpaired) electrons. The second-order valence-corrected chi connectivity index (χ2v) is 3.73. The number of rotatable bonds is 4. The lowest BCUT2D eigenvalue weighted by Gasteiger charge is -2.14. The van der Waals surface area contributed by atoms with E-state index in [2.05, 4.69) is 4.74 Å². The number of aliphatic hydroxyl groups is 1. The molecule has 3 nitrogen and oxygen atoms in total. The quantitative estimate of drug-likeness (QED) is 0.799. The molecule has 0 aliphatic carbocycles. The van der Waals surface area contributed by atoms with Gasteiger partial charge in [0.05, 0.1) is 19.1 Å². The van der Waals surface area contributed by atoms with Gasteiger partial charge >= 0.3 is 5.97 Å². The summed E-state index contributed by atoms with van der Waals surface area (Å²) in [6.45, 7) is 1.66. The van der Waals surface area contributed by atoms with Crippen LogP contribution in [0.2, 0.25) is 0 Å². The van der Waals surface area contributed by atoms with Crippen molar-refractivity contribution in [3.8, 4) is 0 Å². The summed E-state index contributed by atoms with van der Waals surface area (Å²) in [5.41, 5.74) is 0.468. The summed E-state index contributed by atoms with van der Waals surface area (Å²) in [5, 5.41) is 9.79. The first kappa shape index (κ1) is 12.6. The van der Waals surface area contributed by atoms with E-state index in [0.29, 0.717) is 5.56 Å². The van der Waals surface area contributed by atoms with Crippen LogP contribution in [0, 0.1) is 11.7 Å². The average Bonchev–Trinajstić information content (AvgIpc) is 2.27. The van der Waals surface area contributed by atoms with Gasteiger partial charge in [0.2, 0.25) is 0 Å². The van der Waals surface area contributed by atoms with Crippen molar-refractivity contribution in [2.45, 2.75) is 19.4 Å². The molecular weight excluding hydrogens is 211 g/mol. The SMILES string of the molecule is COC(=O)C(C)CC(O)c1cccc(F)c1. The maximum Gasteiger partial charge on any atom is 0.308 e. The smallest absolute Gasteiger partial charge is 0.308 e. The maximum absolute atomic E-state index is 12.9. The molecule has 2 unspecified atom stereocenters. The molecule has 1 rings (SSSR count). The molecule has 0 bridgehead atoms. The van der Waals surface area contributed by atoms with Gasteiger partial charge in [-0.2, -0.15) is 0 Å². The van der Waals surface area contributed by atoms with Gasteiger partial charge in [-0.05, 0) is 24.1 Å². The highest BCUT2D eigenvalue weighted by atomic mass is 19.1. The minimum absolute atomic E-state index is 0.218. The lowest BCUT2D eigenvalue weighted by atomic mass is 9.98. The van der Waals surface area contributed by atoms with Gasteiger partial charge in [-0.25, -0.2) is 4.39 Å². The molecular formula is C12H15FO3. The van der Waals surface area contributed by atoms with E-state index in [-0.39, 0.29) is 12.4 Å². The molecule has 0 heterocycles. The topological polar surface area (TPSA) is 46.5 Å². The Morgan fingerprint density at radius 3 is 2.81 bits per heavy atom. The Morgan fingerprint density at radius 2 is 2.25 bits per heavy atom. The molecule has 0 amide bonds. The molecule has 4 heteroatoms. The normalized spacial score (nSPS) is 14.2. The number of halogens is 1. The number of methoxy groups -OCH3 is 1. The Bertz CT molecular complexity index is 365. The van der Waals surface area contributed by atoms with Crippen molar-refractivity contribution in [1.29, 1.82) is 0 Å². The fraction of sp³-hybridized carbons (Fsp3) is 0.417. The van der Waals surface area contributed by atoms with Crippen LogP contribution < -0.4 is 0 Å². The number of esters is 1. The van der Waals surface area contributed by atoms with Crippen LogP contribution in [-0.4, -0.2) is 18.2 Å². The average molecular weight is 226 g/mol. The van der Waals surface area contributed by atoms with Crippen LogP contribution in [0.1, 0.15) is 25.0 Å². The van der Waals surface area contributed by atoms with Gasteiger partial charge in [0.15, 0.2) is 0 Å². The fourth-order valence-corrected chi connectivity index (χ4v) is 1.48. The van der Waals surface area contributed by atoms with E-state index < -0.39 is 17.8 Å². The zero-order valence-electron chi connectivity index (χ0n) is 9.31. The number of hydrogen-bond acceptors (Lipinski definition) is 3. The Labute approximate surface area is 93.9 Å². The Hall–Kier alpha value is -1.42. The summed E-state index contributed by atoms with van der Waals surface area (Å²) in [7, 11) is 1.30. The van der Waals surface area contributed by atoms with Crippen molar-refractivity contribution < 1.29 is 19.0 Å². The highest BCUT2D eigenvalue weighted by Crippen LogP contribution is 2.22. The third-order valence-electron chi connectivity index (χ3n) is 2.41. The van der Waals surface area contributed by atoms with Crippen LogP contribution in [0.15, 0.2) is 24.3 Å². The third kappa shape index (κ3) is 3.31. The molecule has 16 heavy (non-hydrogen) atoms. The zero-order valence-corrected chi connectivity index (χ0v) is 9.31. The van der Waals surface area contributed by atoms with Gasteiger partial charge in [-0.15, -0.1) is 0 Å². The fourth-order valence-electron chi connectivity index (χ4n) is 1.48. The molecule has 2 atom stereocenters. The Morgan fingerprint density at radius 1 is 1.56 bits per heavy atom. The minimum atomic E-state index is -0.857. The summed E-state index contributed by atoms with van der Waals surface area (Å²) < 4.78 is 17.4. The first-order valence-corrected chi connectivity index (χ1v) is 5.06. The molecule has 0 saturated heterocycles. The van der Waals surface area contributed by atoms with Gasteiger partial charge in [0.25, 0.3) is 0 Å². The van der Waals surface area contributed by atoms with E-state index in [9.17, 15) is 14.3 Å². The molecule has 1 aromatic carbocycles. The molecule has 88 valence electrons. The Kier molecular flexibility index (Phi) is 4.43. The van der Waals surface area contributed by atoms with E-state index in [1.807, 2.05) is 0 Å². The lowest BCUT2D eigenvalue weighted by Crippen LogP contribution is -2.16. The summed E-state index contributed by atoms with van der Waals surface area (Å²) in [6, 6.07) is 5.71. The van der Waals surface area contributed by atoms with E-state index in [1.54, 1.807) is 13.0 Å². The standard InChI is InChI=1S/C12H15FO3/c1-8(12(15)16-2)6-11(14)9-4-3-5-10(13)7-9/h3-5,7-8,11,14H,6H2,1-2H3. The molecule has 0 aliphatic heterocycles. The molecule has 0 fully saturated rings. The highest BCUT2D eigenvalue weighted by Gasteiger charge is 2.19. The summed E-state index contributed by atoms with van der Waals surface area (Å²) in [6.07, 6.45) is -0.638. The molecule has 0 aliphatic rings. The monoisotopic (exact) mass is 226 g/mol. The van der Waals surface area contributed by atoms with Crippen LogP contribution in [0.5, 0.6) is 0 Å². The molecule has 1 N–H and O–H groups in total. The molecule has 1 aromatic rings. The number of hydrogen-bond donors (Lipinski definition) is 1.